The van der Waals surface area contributed by atoms with E-state index < -0.39 is 6.10 Å². The maximum Gasteiger partial charge on any atom is 0.112 e. The van der Waals surface area contributed by atoms with Crippen LogP contribution in [0.15, 0.2) is 0 Å². The van der Waals surface area contributed by atoms with E-state index in [0.29, 0.717) is 6.61 Å². The van der Waals surface area contributed by atoms with Crippen molar-refractivity contribution < 1.29 is 19.3 Å². The standard InChI is InChI=1S/C14H29NO4/c1-6-8-10-13(18-4)14(19-5)12(16)11(9-17-3)15(10)7-2/h10-14,16H,6-9H2,1-5H3. The summed E-state index contributed by atoms with van der Waals surface area (Å²) in [5.41, 5.74) is 0. The number of piperidine rings is 1. The van der Waals surface area contributed by atoms with Gasteiger partial charge in [-0.1, -0.05) is 20.3 Å². The molecule has 1 fully saturated rings. The maximum absolute atomic E-state index is 10.5. The van der Waals surface area contributed by atoms with Crippen LogP contribution in [0.25, 0.3) is 0 Å². The number of likely N-dealkylation sites (tertiary alicyclic amines) is 1. The Labute approximate surface area is 116 Å². The van der Waals surface area contributed by atoms with Crippen LogP contribution in [0.5, 0.6) is 0 Å². The van der Waals surface area contributed by atoms with Crippen molar-refractivity contribution in [3.05, 3.63) is 0 Å². The van der Waals surface area contributed by atoms with Gasteiger partial charge in [0.05, 0.1) is 12.6 Å². The van der Waals surface area contributed by atoms with Gasteiger partial charge in [-0.25, -0.2) is 0 Å². The zero-order valence-corrected chi connectivity index (χ0v) is 12.8. The van der Waals surface area contributed by atoms with Crippen LogP contribution in [-0.4, -0.2) is 74.9 Å². The van der Waals surface area contributed by atoms with E-state index in [1.54, 1.807) is 21.3 Å². The summed E-state index contributed by atoms with van der Waals surface area (Å²) >= 11 is 0. The second-order valence-electron chi connectivity index (χ2n) is 5.10. The molecule has 114 valence electrons. The van der Waals surface area contributed by atoms with Crippen LogP contribution in [-0.2, 0) is 14.2 Å². The highest BCUT2D eigenvalue weighted by Crippen LogP contribution is 2.30. The minimum atomic E-state index is -0.594. The van der Waals surface area contributed by atoms with Crippen LogP contribution in [0.2, 0.25) is 0 Å². The lowest BCUT2D eigenvalue weighted by molar-refractivity contribution is -0.191. The Morgan fingerprint density at radius 1 is 1.00 bits per heavy atom. The van der Waals surface area contributed by atoms with Crippen molar-refractivity contribution in [1.29, 1.82) is 0 Å². The maximum atomic E-state index is 10.5. The average Bonchev–Trinajstić information content (AvgIpc) is 2.42. The van der Waals surface area contributed by atoms with Gasteiger partial charge in [0.2, 0.25) is 0 Å². The molecule has 1 heterocycles. The van der Waals surface area contributed by atoms with Gasteiger partial charge in [0.1, 0.15) is 18.3 Å². The number of methoxy groups -OCH3 is 3. The molecule has 1 aliphatic heterocycles. The molecule has 0 saturated carbocycles. The molecular weight excluding hydrogens is 246 g/mol. The van der Waals surface area contributed by atoms with Gasteiger partial charge >= 0.3 is 0 Å². The smallest absolute Gasteiger partial charge is 0.112 e. The molecule has 1 aliphatic rings. The van der Waals surface area contributed by atoms with E-state index in [1.165, 1.54) is 0 Å². The van der Waals surface area contributed by atoms with Gasteiger partial charge < -0.3 is 19.3 Å². The minimum absolute atomic E-state index is 0.0390. The molecule has 0 aromatic carbocycles. The molecule has 5 heteroatoms. The Bertz CT molecular complexity index is 252. The highest BCUT2D eigenvalue weighted by atomic mass is 16.5. The lowest BCUT2D eigenvalue weighted by Gasteiger charge is -2.51. The van der Waals surface area contributed by atoms with Crippen LogP contribution in [0, 0.1) is 0 Å². The Morgan fingerprint density at radius 2 is 1.63 bits per heavy atom. The highest BCUT2D eigenvalue weighted by molar-refractivity contribution is 5.01. The summed E-state index contributed by atoms with van der Waals surface area (Å²) in [5.74, 6) is 0. The monoisotopic (exact) mass is 275 g/mol. The van der Waals surface area contributed by atoms with E-state index in [-0.39, 0.29) is 24.3 Å². The molecule has 0 aromatic rings. The molecule has 1 N–H and O–H groups in total. The number of likely N-dealkylation sites (N-methyl/N-ethyl adjacent to an activating group) is 1. The van der Waals surface area contributed by atoms with E-state index in [2.05, 4.69) is 18.7 Å². The van der Waals surface area contributed by atoms with Gasteiger partial charge in [-0.15, -0.1) is 0 Å². The van der Waals surface area contributed by atoms with Gasteiger partial charge in [0.25, 0.3) is 0 Å². The minimum Gasteiger partial charge on any atom is -0.389 e. The number of ether oxygens (including phenoxy) is 3. The molecule has 5 nitrogen and oxygen atoms in total. The first kappa shape index (κ1) is 16.9. The molecule has 0 aliphatic carbocycles. The molecule has 1 rings (SSSR count). The fourth-order valence-electron chi connectivity index (χ4n) is 3.29. The Hall–Kier alpha value is -0.200. The topological polar surface area (TPSA) is 51.2 Å². The molecule has 0 amide bonds. The second-order valence-corrected chi connectivity index (χ2v) is 5.10. The van der Waals surface area contributed by atoms with Crippen molar-refractivity contribution in [3.63, 3.8) is 0 Å². The summed E-state index contributed by atoms with van der Waals surface area (Å²) < 4.78 is 16.4. The first-order valence-corrected chi connectivity index (χ1v) is 7.14. The van der Waals surface area contributed by atoms with Crippen LogP contribution in [0.1, 0.15) is 26.7 Å². The third-order valence-corrected chi connectivity index (χ3v) is 4.12. The molecule has 5 unspecified atom stereocenters. The van der Waals surface area contributed by atoms with E-state index >= 15 is 0 Å². The fourth-order valence-corrected chi connectivity index (χ4v) is 3.29. The lowest BCUT2D eigenvalue weighted by atomic mass is 9.85. The van der Waals surface area contributed by atoms with Crippen LogP contribution in [0.4, 0.5) is 0 Å². The van der Waals surface area contributed by atoms with Crippen molar-refractivity contribution in [3.8, 4) is 0 Å². The molecular formula is C14H29NO4. The van der Waals surface area contributed by atoms with Gasteiger partial charge in [0, 0.05) is 27.4 Å². The molecule has 0 radical (unpaired) electrons. The van der Waals surface area contributed by atoms with Crippen LogP contribution < -0.4 is 0 Å². The Morgan fingerprint density at radius 3 is 2.05 bits per heavy atom. The average molecular weight is 275 g/mol. The number of rotatable bonds is 7. The molecule has 1 saturated heterocycles. The number of aliphatic hydroxyl groups excluding tert-OH is 1. The largest absolute Gasteiger partial charge is 0.389 e. The third-order valence-electron chi connectivity index (χ3n) is 4.12. The summed E-state index contributed by atoms with van der Waals surface area (Å²) in [6, 6.07) is 0.219. The zero-order valence-electron chi connectivity index (χ0n) is 12.8. The van der Waals surface area contributed by atoms with E-state index in [0.717, 1.165) is 19.4 Å². The van der Waals surface area contributed by atoms with Crippen LogP contribution in [0.3, 0.4) is 0 Å². The molecule has 5 atom stereocenters. The lowest BCUT2D eigenvalue weighted by Crippen LogP contribution is -2.68. The second kappa shape index (κ2) is 8.17. The molecule has 0 bridgehead atoms. The van der Waals surface area contributed by atoms with E-state index in [9.17, 15) is 5.11 Å². The van der Waals surface area contributed by atoms with Crippen molar-refractivity contribution in [2.24, 2.45) is 0 Å². The first-order valence-electron chi connectivity index (χ1n) is 7.14. The zero-order chi connectivity index (χ0) is 14.4. The third kappa shape index (κ3) is 3.47. The quantitative estimate of drug-likeness (QED) is 0.748. The van der Waals surface area contributed by atoms with Crippen molar-refractivity contribution >= 4 is 0 Å². The van der Waals surface area contributed by atoms with E-state index in [1.807, 2.05) is 0 Å². The molecule has 0 spiro atoms. The first-order chi connectivity index (χ1) is 9.15. The number of nitrogens with zero attached hydrogens (tertiary/aromatic N) is 1. The van der Waals surface area contributed by atoms with Gasteiger partial charge in [-0.3, -0.25) is 4.90 Å². The SMILES string of the molecule is CCCC1C(OC)C(OC)C(O)C(COC)N1CC. The van der Waals surface area contributed by atoms with Crippen molar-refractivity contribution in [2.45, 2.75) is 57.1 Å². The summed E-state index contributed by atoms with van der Waals surface area (Å²) in [4.78, 5) is 2.29. The summed E-state index contributed by atoms with van der Waals surface area (Å²) in [5, 5.41) is 10.5. The van der Waals surface area contributed by atoms with Crippen molar-refractivity contribution in [1.82, 2.24) is 4.90 Å². The Balaban J connectivity index is 3.01. The van der Waals surface area contributed by atoms with Crippen LogP contribution >= 0.6 is 0 Å². The summed E-state index contributed by atoms with van der Waals surface area (Å²) in [6.07, 6.45) is 1.10. The summed E-state index contributed by atoms with van der Waals surface area (Å²) in [6.45, 7) is 5.65. The normalized spacial score (nSPS) is 36.6. The van der Waals surface area contributed by atoms with Crippen molar-refractivity contribution in [2.75, 3.05) is 34.5 Å². The number of hydrogen-bond donors (Lipinski definition) is 1. The molecule has 19 heavy (non-hydrogen) atoms. The molecule has 0 aromatic heterocycles. The number of hydrogen-bond acceptors (Lipinski definition) is 5. The van der Waals surface area contributed by atoms with Gasteiger partial charge in [-0.05, 0) is 13.0 Å². The fraction of sp³-hybridized carbons (Fsp3) is 1.00. The predicted molar refractivity (Wildman–Crippen MR) is 74.3 cm³/mol. The van der Waals surface area contributed by atoms with Gasteiger partial charge in [0.15, 0.2) is 0 Å². The predicted octanol–water partition coefficient (Wildman–Crippen LogP) is 0.896. The Kier molecular flexibility index (Phi) is 7.25. The highest BCUT2D eigenvalue weighted by Gasteiger charge is 2.48. The summed E-state index contributed by atoms with van der Waals surface area (Å²) in [7, 11) is 4.99. The number of aliphatic hydroxyl groups is 1. The van der Waals surface area contributed by atoms with E-state index in [4.69, 9.17) is 14.2 Å². The van der Waals surface area contributed by atoms with Gasteiger partial charge in [-0.2, -0.15) is 0 Å².